The van der Waals surface area contributed by atoms with Gasteiger partial charge in [0.1, 0.15) is 13.2 Å². The van der Waals surface area contributed by atoms with Gasteiger partial charge in [0.25, 0.3) is 0 Å². The fourth-order valence-corrected chi connectivity index (χ4v) is 8.63. The van der Waals surface area contributed by atoms with E-state index in [1.807, 2.05) is 0 Å². The van der Waals surface area contributed by atoms with Crippen LogP contribution in [0.25, 0.3) is 0 Å². The Kier molecular flexibility index (Phi) is 48.6. The Balaban J connectivity index is 4.29. The lowest BCUT2D eigenvalue weighted by molar-refractivity contribution is -0.167. The number of carbonyl (C=O) groups is 3. The summed E-state index contributed by atoms with van der Waals surface area (Å²) in [7, 11) is 0. The highest BCUT2D eigenvalue weighted by molar-refractivity contribution is 5.71. The summed E-state index contributed by atoms with van der Waals surface area (Å²) in [5.41, 5.74) is 0. The predicted octanol–water partition coefficient (Wildman–Crippen LogP) is 18.5. The van der Waals surface area contributed by atoms with E-state index in [9.17, 15) is 14.4 Å². The summed E-state index contributed by atoms with van der Waals surface area (Å²) in [6, 6.07) is 0. The average Bonchev–Trinajstić information content (AvgIpc) is 3.28. The van der Waals surface area contributed by atoms with Gasteiger partial charge in [-0.25, -0.2) is 0 Å². The van der Waals surface area contributed by atoms with Crippen molar-refractivity contribution in [1.82, 2.24) is 0 Å². The number of ether oxygens (including phenoxy) is 3. The Morgan fingerprint density at radius 3 is 0.825 bits per heavy atom. The summed E-state index contributed by atoms with van der Waals surface area (Å²) in [4.78, 5) is 38.1. The van der Waals surface area contributed by atoms with Crippen molar-refractivity contribution in [3.05, 3.63) is 0 Å². The van der Waals surface area contributed by atoms with Crippen LogP contribution in [0.2, 0.25) is 0 Å². The van der Waals surface area contributed by atoms with E-state index in [0.29, 0.717) is 19.3 Å². The number of hydrogen-bond acceptors (Lipinski definition) is 6. The third-order valence-electron chi connectivity index (χ3n) is 13.7. The van der Waals surface area contributed by atoms with Crippen LogP contribution in [0.5, 0.6) is 0 Å². The zero-order valence-corrected chi connectivity index (χ0v) is 43.2. The first kappa shape index (κ1) is 61.4. The molecule has 6 heteroatoms. The van der Waals surface area contributed by atoms with Crippen molar-refractivity contribution in [2.45, 2.75) is 323 Å². The minimum Gasteiger partial charge on any atom is -0.462 e. The van der Waals surface area contributed by atoms with Crippen LogP contribution in [-0.4, -0.2) is 37.2 Å². The number of unbranched alkanes of at least 4 members (excludes halogenated alkanes) is 34. The largest absolute Gasteiger partial charge is 0.462 e. The zero-order valence-electron chi connectivity index (χ0n) is 43.2. The van der Waals surface area contributed by atoms with Crippen LogP contribution in [0.15, 0.2) is 0 Å². The van der Waals surface area contributed by atoms with Gasteiger partial charge >= 0.3 is 17.9 Å². The van der Waals surface area contributed by atoms with Crippen LogP contribution in [0.1, 0.15) is 317 Å². The molecule has 0 aromatic heterocycles. The molecule has 0 rings (SSSR count). The van der Waals surface area contributed by atoms with Crippen molar-refractivity contribution in [2.75, 3.05) is 13.2 Å². The molecule has 0 spiro atoms. The van der Waals surface area contributed by atoms with E-state index >= 15 is 0 Å². The standard InChI is InChI=1S/C57H110O6/c1-6-9-10-11-12-13-14-15-16-21-24-27-34-39-44-49-57(60)63-54(51-62-56(59)48-43-38-33-29-28-31-36-41-46-53(5)8-3)50-61-55(58)47-42-37-32-26-23-20-18-17-19-22-25-30-35-40-45-52(4)7-2/h52-54H,6-51H2,1-5H3/t52?,53?,54-/m0/s1. The van der Waals surface area contributed by atoms with Crippen molar-refractivity contribution in [3.63, 3.8) is 0 Å². The maximum Gasteiger partial charge on any atom is 0.306 e. The molecule has 2 unspecified atom stereocenters. The van der Waals surface area contributed by atoms with Gasteiger partial charge < -0.3 is 14.2 Å². The molecule has 0 amide bonds. The monoisotopic (exact) mass is 891 g/mol. The second-order valence-corrected chi connectivity index (χ2v) is 20.1. The van der Waals surface area contributed by atoms with Gasteiger partial charge in [0.15, 0.2) is 6.10 Å². The Labute approximate surface area is 393 Å². The second-order valence-electron chi connectivity index (χ2n) is 20.1. The lowest BCUT2D eigenvalue weighted by Gasteiger charge is -2.18. The van der Waals surface area contributed by atoms with E-state index in [2.05, 4.69) is 34.6 Å². The average molecular weight is 892 g/mol. The highest BCUT2D eigenvalue weighted by Crippen LogP contribution is 2.19. The first-order valence-electron chi connectivity index (χ1n) is 28.3. The van der Waals surface area contributed by atoms with Crippen molar-refractivity contribution in [2.24, 2.45) is 11.8 Å². The second kappa shape index (κ2) is 49.8. The molecule has 0 heterocycles. The van der Waals surface area contributed by atoms with E-state index in [0.717, 1.165) is 69.6 Å². The van der Waals surface area contributed by atoms with Gasteiger partial charge in [-0.1, -0.05) is 279 Å². The number of carbonyl (C=O) groups excluding carboxylic acids is 3. The highest BCUT2D eigenvalue weighted by atomic mass is 16.6. The molecule has 0 aliphatic rings. The number of esters is 3. The van der Waals surface area contributed by atoms with Crippen molar-refractivity contribution >= 4 is 17.9 Å². The van der Waals surface area contributed by atoms with Crippen LogP contribution < -0.4 is 0 Å². The molecule has 0 saturated heterocycles. The van der Waals surface area contributed by atoms with E-state index < -0.39 is 6.10 Å². The van der Waals surface area contributed by atoms with Gasteiger partial charge in [0.2, 0.25) is 0 Å². The van der Waals surface area contributed by atoms with Gasteiger partial charge in [0.05, 0.1) is 0 Å². The Morgan fingerprint density at radius 2 is 0.556 bits per heavy atom. The molecule has 0 fully saturated rings. The van der Waals surface area contributed by atoms with E-state index in [1.165, 1.54) is 205 Å². The lowest BCUT2D eigenvalue weighted by atomic mass is 9.99. The fourth-order valence-electron chi connectivity index (χ4n) is 8.63. The van der Waals surface area contributed by atoms with Gasteiger partial charge in [-0.15, -0.1) is 0 Å². The molecule has 0 aromatic carbocycles. The van der Waals surface area contributed by atoms with Crippen molar-refractivity contribution in [1.29, 1.82) is 0 Å². The summed E-state index contributed by atoms with van der Waals surface area (Å²) in [5.74, 6) is 0.901. The Morgan fingerprint density at radius 1 is 0.317 bits per heavy atom. The van der Waals surface area contributed by atoms with Gasteiger partial charge in [-0.3, -0.25) is 14.4 Å². The molecule has 0 aliphatic carbocycles. The van der Waals surface area contributed by atoms with Gasteiger partial charge in [0, 0.05) is 19.3 Å². The molecule has 0 bridgehead atoms. The Bertz CT molecular complexity index is 966. The maximum absolute atomic E-state index is 12.8. The first-order chi connectivity index (χ1) is 30.8. The summed E-state index contributed by atoms with van der Waals surface area (Å²) in [5, 5.41) is 0. The molecule has 6 nitrogen and oxygen atoms in total. The van der Waals surface area contributed by atoms with Crippen molar-refractivity contribution in [3.8, 4) is 0 Å². The smallest absolute Gasteiger partial charge is 0.306 e. The molecule has 0 aliphatic heterocycles. The quantitative estimate of drug-likeness (QED) is 0.0344. The minimum absolute atomic E-state index is 0.0632. The normalized spacial score (nSPS) is 12.9. The van der Waals surface area contributed by atoms with Crippen LogP contribution in [0.4, 0.5) is 0 Å². The predicted molar refractivity (Wildman–Crippen MR) is 270 cm³/mol. The molecule has 374 valence electrons. The number of hydrogen-bond donors (Lipinski definition) is 0. The van der Waals surface area contributed by atoms with E-state index in [-0.39, 0.29) is 31.1 Å². The van der Waals surface area contributed by atoms with E-state index in [1.54, 1.807) is 0 Å². The third kappa shape index (κ3) is 48.2. The Hall–Kier alpha value is -1.59. The van der Waals surface area contributed by atoms with Crippen molar-refractivity contribution < 1.29 is 28.6 Å². The fraction of sp³-hybridized carbons (Fsp3) is 0.947. The molecule has 0 radical (unpaired) electrons. The molecule has 0 N–H and O–H groups in total. The van der Waals surface area contributed by atoms with Crippen LogP contribution in [-0.2, 0) is 28.6 Å². The summed E-state index contributed by atoms with van der Waals surface area (Å²) >= 11 is 0. The van der Waals surface area contributed by atoms with Crippen LogP contribution >= 0.6 is 0 Å². The molecule has 0 aromatic rings. The van der Waals surface area contributed by atoms with Gasteiger partial charge in [-0.2, -0.15) is 0 Å². The van der Waals surface area contributed by atoms with E-state index in [4.69, 9.17) is 14.2 Å². The van der Waals surface area contributed by atoms with Crippen LogP contribution in [0, 0.1) is 11.8 Å². The molecule has 3 atom stereocenters. The minimum atomic E-state index is -0.762. The highest BCUT2D eigenvalue weighted by Gasteiger charge is 2.19. The summed E-state index contributed by atoms with van der Waals surface area (Å²) in [6.45, 7) is 11.4. The molecular formula is C57H110O6. The SMILES string of the molecule is CCCCCCCCCCCCCCCCCC(=O)O[C@@H](COC(=O)CCCCCCCCCCCCCCCCC(C)CC)COC(=O)CCCCCCCCCCC(C)CC. The first-order valence-corrected chi connectivity index (χ1v) is 28.3. The summed E-state index contributed by atoms with van der Waals surface area (Å²) < 4.78 is 16.9. The van der Waals surface area contributed by atoms with Gasteiger partial charge in [-0.05, 0) is 31.1 Å². The molecule has 63 heavy (non-hydrogen) atoms. The molecular weight excluding hydrogens is 781 g/mol. The number of rotatable bonds is 51. The van der Waals surface area contributed by atoms with Crippen LogP contribution in [0.3, 0.4) is 0 Å². The maximum atomic E-state index is 12.8. The molecule has 0 saturated carbocycles. The third-order valence-corrected chi connectivity index (χ3v) is 13.7. The topological polar surface area (TPSA) is 78.9 Å². The zero-order chi connectivity index (χ0) is 46.1. The summed E-state index contributed by atoms with van der Waals surface area (Å²) in [6.07, 6.45) is 52.2. The lowest BCUT2D eigenvalue weighted by Crippen LogP contribution is -2.30.